The molecule has 60 valence electrons. The zero-order valence-corrected chi connectivity index (χ0v) is 6.70. The SMILES string of the molecule is C=C/C(=C\C=NC)C(=O)OC. The third kappa shape index (κ3) is 3.35. The normalized spacial score (nSPS) is 11.6. The Kier molecular flexibility index (Phi) is 4.73. The average Bonchev–Trinajstić information content (AvgIpc) is 2.05. The average molecular weight is 153 g/mol. The Hall–Kier alpha value is -1.38. The maximum absolute atomic E-state index is 10.8. The molecule has 0 saturated carbocycles. The molecule has 0 aliphatic heterocycles. The molecule has 0 unspecified atom stereocenters. The van der Waals surface area contributed by atoms with E-state index in [2.05, 4.69) is 16.3 Å². The third-order valence-electron chi connectivity index (χ3n) is 1.04. The predicted molar refractivity (Wildman–Crippen MR) is 44.7 cm³/mol. The fourth-order valence-corrected chi connectivity index (χ4v) is 0.492. The van der Waals surface area contributed by atoms with Gasteiger partial charge in [-0.1, -0.05) is 12.7 Å². The first-order chi connectivity index (χ1) is 5.26. The lowest BCUT2D eigenvalue weighted by molar-refractivity contribution is -0.135. The number of hydrogen-bond acceptors (Lipinski definition) is 3. The highest BCUT2D eigenvalue weighted by Gasteiger charge is 2.02. The lowest BCUT2D eigenvalue weighted by Crippen LogP contribution is -2.02. The van der Waals surface area contributed by atoms with Crippen LogP contribution in [0.3, 0.4) is 0 Å². The molecule has 0 saturated heterocycles. The van der Waals surface area contributed by atoms with Crippen molar-refractivity contribution in [3.05, 3.63) is 24.3 Å². The predicted octanol–water partition coefficient (Wildman–Crippen LogP) is 0.972. The number of rotatable bonds is 3. The molecule has 0 aliphatic rings. The van der Waals surface area contributed by atoms with E-state index in [9.17, 15) is 4.79 Å². The summed E-state index contributed by atoms with van der Waals surface area (Å²) in [6.45, 7) is 3.45. The zero-order chi connectivity index (χ0) is 8.69. The van der Waals surface area contributed by atoms with Crippen molar-refractivity contribution < 1.29 is 9.53 Å². The summed E-state index contributed by atoms with van der Waals surface area (Å²) >= 11 is 0. The first-order valence-corrected chi connectivity index (χ1v) is 3.09. The van der Waals surface area contributed by atoms with E-state index in [1.165, 1.54) is 19.4 Å². The summed E-state index contributed by atoms with van der Waals surface area (Å²) in [5.74, 6) is -0.403. The molecule has 0 spiro atoms. The van der Waals surface area contributed by atoms with Crippen LogP contribution in [0, 0.1) is 0 Å². The van der Waals surface area contributed by atoms with E-state index in [4.69, 9.17) is 0 Å². The van der Waals surface area contributed by atoms with Crippen molar-refractivity contribution in [2.45, 2.75) is 0 Å². The van der Waals surface area contributed by atoms with Crippen molar-refractivity contribution in [1.29, 1.82) is 0 Å². The van der Waals surface area contributed by atoms with Gasteiger partial charge in [0.25, 0.3) is 0 Å². The maximum atomic E-state index is 10.8. The number of carbonyl (C=O) groups is 1. The van der Waals surface area contributed by atoms with Gasteiger partial charge in [0.1, 0.15) is 0 Å². The molecule has 3 heteroatoms. The number of hydrogen-bond donors (Lipinski definition) is 0. The van der Waals surface area contributed by atoms with Crippen LogP contribution in [0.4, 0.5) is 0 Å². The highest BCUT2D eigenvalue weighted by molar-refractivity contribution is 5.95. The first kappa shape index (κ1) is 9.62. The van der Waals surface area contributed by atoms with Gasteiger partial charge in [-0.15, -0.1) is 0 Å². The van der Waals surface area contributed by atoms with Gasteiger partial charge in [-0.2, -0.15) is 0 Å². The molecule has 0 fully saturated rings. The zero-order valence-electron chi connectivity index (χ0n) is 6.70. The molecule has 0 radical (unpaired) electrons. The Labute approximate surface area is 66.1 Å². The number of allylic oxidation sites excluding steroid dienone is 1. The van der Waals surface area contributed by atoms with Gasteiger partial charge in [-0.05, 0) is 6.08 Å². The molecule has 0 aromatic heterocycles. The smallest absolute Gasteiger partial charge is 0.337 e. The van der Waals surface area contributed by atoms with Crippen molar-refractivity contribution in [2.24, 2.45) is 4.99 Å². The summed E-state index contributed by atoms with van der Waals surface area (Å²) in [5.41, 5.74) is 0.401. The summed E-state index contributed by atoms with van der Waals surface area (Å²) < 4.78 is 4.46. The van der Waals surface area contributed by atoms with Crippen LogP contribution >= 0.6 is 0 Å². The van der Waals surface area contributed by atoms with Crippen LogP contribution in [0.25, 0.3) is 0 Å². The largest absolute Gasteiger partial charge is 0.465 e. The number of ether oxygens (including phenoxy) is 1. The Bertz CT molecular complexity index is 204. The van der Waals surface area contributed by atoms with Crippen LogP contribution in [0.1, 0.15) is 0 Å². The summed E-state index contributed by atoms with van der Waals surface area (Å²) in [4.78, 5) is 14.5. The van der Waals surface area contributed by atoms with E-state index in [0.717, 1.165) is 0 Å². The summed E-state index contributed by atoms with van der Waals surface area (Å²) in [6, 6.07) is 0. The van der Waals surface area contributed by atoms with Gasteiger partial charge in [-0.3, -0.25) is 4.99 Å². The van der Waals surface area contributed by atoms with E-state index < -0.39 is 5.97 Å². The van der Waals surface area contributed by atoms with Gasteiger partial charge in [0.05, 0.1) is 12.7 Å². The Balaban J connectivity index is 4.38. The molecule has 0 bridgehead atoms. The first-order valence-electron chi connectivity index (χ1n) is 3.09. The second-order valence-electron chi connectivity index (χ2n) is 1.72. The van der Waals surface area contributed by atoms with Crippen molar-refractivity contribution in [2.75, 3.05) is 14.2 Å². The minimum absolute atomic E-state index is 0.401. The molecule has 0 aromatic rings. The Morgan fingerprint density at radius 1 is 1.64 bits per heavy atom. The molecule has 0 atom stereocenters. The number of nitrogens with zero attached hydrogens (tertiary/aromatic N) is 1. The van der Waals surface area contributed by atoms with Gasteiger partial charge < -0.3 is 4.74 Å². The molecular weight excluding hydrogens is 142 g/mol. The van der Waals surface area contributed by atoms with Crippen molar-refractivity contribution in [3.8, 4) is 0 Å². The minimum atomic E-state index is -0.403. The van der Waals surface area contributed by atoms with E-state index in [1.807, 2.05) is 0 Å². The van der Waals surface area contributed by atoms with Gasteiger partial charge in [0.2, 0.25) is 0 Å². The second kappa shape index (κ2) is 5.41. The molecular formula is C8H11NO2. The van der Waals surface area contributed by atoms with Gasteiger partial charge in [0, 0.05) is 13.3 Å². The molecule has 3 nitrogen and oxygen atoms in total. The Morgan fingerprint density at radius 2 is 2.27 bits per heavy atom. The maximum Gasteiger partial charge on any atom is 0.337 e. The standard InChI is InChI=1S/C8H11NO2/c1-4-7(5-6-9-2)8(10)11-3/h4-6H,1H2,2-3H3/b7-5+,9-6?. The minimum Gasteiger partial charge on any atom is -0.465 e. The third-order valence-corrected chi connectivity index (χ3v) is 1.04. The molecule has 0 amide bonds. The van der Waals surface area contributed by atoms with Crippen LogP contribution in [0.2, 0.25) is 0 Å². The van der Waals surface area contributed by atoms with Crippen LogP contribution in [0.5, 0.6) is 0 Å². The van der Waals surface area contributed by atoms with Gasteiger partial charge in [-0.25, -0.2) is 4.79 Å². The molecule has 11 heavy (non-hydrogen) atoms. The lowest BCUT2D eigenvalue weighted by Gasteiger charge is -1.95. The molecule has 0 aliphatic carbocycles. The quantitative estimate of drug-likeness (QED) is 0.262. The van der Waals surface area contributed by atoms with E-state index in [-0.39, 0.29) is 0 Å². The monoisotopic (exact) mass is 153 g/mol. The van der Waals surface area contributed by atoms with Gasteiger partial charge >= 0.3 is 5.97 Å². The number of methoxy groups -OCH3 is 1. The number of esters is 1. The topological polar surface area (TPSA) is 38.7 Å². The van der Waals surface area contributed by atoms with Gasteiger partial charge in [0.15, 0.2) is 0 Å². The van der Waals surface area contributed by atoms with Crippen molar-refractivity contribution in [1.82, 2.24) is 0 Å². The van der Waals surface area contributed by atoms with E-state index in [1.54, 1.807) is 13.1 Å². The fourth-order valence-electron chi connectivity index (χ4n) is 0.492. The van der Waals surface area contributed by atoms with Crippen molar-refractivity contribution >= 4 is 12.2 Å². The highest BCUT2D eigenvalue weighted by atomic mass is 16.5. The molecule has 0 N–H and O–H groups in total. The van der Waals surface area contributed by atoms with Crippen LogP contribution < -0.4 is 0 Å². The lowest BCUT2D eigenvalue weighted by atomic mass is 10.2. The van der Waals surface area contributed by atoms with E-state index in [0.29, 0.717) is 5.57 Å². The van der Waals surface area contributed by atoms with Crippen LogP contribution in [-0.4, -0.2) is 26.3 Å². The molecule has 0 aromatic carbocycles. The fraction of sp³-hybridized carbons (Fsp3) is 0.250. The summed E-state index contributed by atoms with van der Waals surface area (Å²) in [7, 11) is 2.94. The van der Waals surface area contributed by atoms with Crippen molar-refractivity contribution in [3.63, 3.8) is 0 Å². The highest BCUT2D eigenvalue weighted by Crippen LogP contribution is 1.96. The van der Waals surface area contributed by atoms with Crippen LogP contribution in [-0.2, 0) is 9.53 Å². The molecule has 0 heterocycles. The Morgan fingerprint density at radius 3 is 2.64 bits per heavy atom. The number of aliphatic imine (C=N–C) groups is 1. The molecule has 0 rings (SSSR count). The van der Waals surface area contributed by atoms with Crippen LogP contribution in [0.15, 0.2) is 29.3 Å². The number of carbonyl (C=O) groups excluding carboxylic acids is 1. The summed E-state index contributed by atoms with van der Waals surface area (Å²) in [6.07, 6.45) is 4.47. The second-order valence-corrected chi connectivity index (χ2v) is 1.72. The van der Waals surface area contributed by atoms with E-state index >= 15 is 0 Å². The summed E-state index contributed by atoms with van der Waals surface area (Å²) in [5, 5.41) is 0.